The number of nitrogens with two attached hydrogens (primary N) is 1. The number of hydrogen-bond acceptors (Lipinski definition) is 4. The second-order valence-corrected chi connectivity index (χ2v) is 5.20. The Kier molecular flexibility index (Phi) is 4.15. The van der Waals surface area contributed by atoms with E-state index in [0.717, 1.165) is 19.5 Å². The average molecular weight is 229 g/mol. The number of carbonyl (C=O) groups is 1. The highest BCUT2D eigenvalue weighted by Gasteiger charge is 2.31. The number of ether oxygens (including phenoxy) is 1. The van der Waals surface area contributed by atoms with Gasteiger partial charge in [0.1, 0.15) is 5.60 Å². The SMILES string of the molecule is CCN(N)C1CCN(C(=O)OC(C)(C)C)C1. The van der Waals surface area contributed by atoms with E-state index < -0.39 is 5.60 Å². The molecule has 0 aromatic rings. The summed E-state index contributed by atoms with van der Waals surface area (Å²) >= 11 is 0. The van der Waals surface area contributed by atoms with E-state index in [9.17, 15) is 4.79 Å². The van der Waals surface area contributed by atoms with Gasteiger partial charge in [0.15, 0.2) is 0 Å². The molecule has 1 heterocycles. The van der Waals surface area contributed by atoms with Crippen molar-refractivity contribution in [2.75, 3.05) is 19.6 Å². The van der Waals surface area contributed by atoms with Crippen LogP contribution in [0.2, 0.25) is 0 Å². The van der Waals surface area contributed by atoms with Gasteiger partial charge < -0.3 is 9.64 Å². The number of carbonyl (C=O) groups excluding carboxylic acids is 1. The number of nitrogens with zero attached hydrogens (tertiary/aromatic N) is 2. The van der Waals surface area contributed by atoms with Crippen LogP contribution in [0, 0.1) is 0 Å². The van der Waals surface area contributed by atoms with Crippen LogP contribution in [0.4, 0.5) is 4.79 Å². The molecule has 1 fully saturated rings. The molecule has 1 atom stereocenters. The van der Waals surface area contributed by atoms with Crippen LogP contribution in [-0.2, 0) is 4.74 Å². The van der Waals surface area contributed by atoms with Gasteiger partial charge in [0.25, 0.3) is 0 Å². The molecular weight excluding hydrogens is 206 g/mol. The summed E-state index contributed by atoms with van der Waals surface area (Å²) in [7, 11) is 0. The second-order valence-electron chi connectivity index (χ2n) is 5.20. The monoisotopic (exact) mass is 229 g/mol. The first kappa shape index (κ1) is 13.3. The fourth-order valence-electron chi connectivity index (χ4n) is 1.76. The fraction of sp³-hybridized carbons (Fsp3) is 0.909. The standard InChI is InChI=1S/C11H23N3O2/c1-5-14(12)9-6-7-13(8-9)10(15)16-11(2,3)4/h9H,5-8,12H2,1-4H3. The number of hydrazine groups is 1. The highest BCUT2D eigenvalue weighted by Crippen LogP contribution is 2.17. The molecule has 94 valence electrons. The van der Waals surface area contributed by atoms with Gasteiger partial charge in [-0.1, -0.05) is 6.92 Å². The molecule has 0 aromatic carbocycles. The van der Waals surface area contributed by atoms with E-state index in [1.165, 1.54) is 0 Å². The normalized spacial score (nSPS) is 21.6. The van der Waals surface area contributed by atoms with Gasteiger partial charge in [-0.2, -0.15) is 0 Å². The molecule has 0 radical (unpaired) electrons. The van der Waals surface area contributed by atoms with E-state index in [4.69, 9.17) is 10.6 Å². The van der Waals surface area contributed by atoms with Crippen LogP contribution in [0.1, 0.15) is 34.1 Å². The van der Waals surface area contributed by atoms with Gasteiger partial charge in [-0.25, -0.2) is 9.80 Å². The summed E-state index contributed by atoms with van der Waals surface area (Å²) < 4.78 is 5.31. The lowest BCUT2D eigenvalue weighted by molar-refractivity contribution is 0.0280. The Balaban J connectivity index is 2.44. The summed E-state index contributed by atoms with van der Waals surface area (Å²) in [5.74, 6) is 5.82. The van der Waals surface area contributed by atoms with Gasteiger partial charge in [-0.15, -0.1) is 0 Å². The molecule has 0 spiro atoms. The first-order valence-electron chi connectivity index (χ1n) is 5.82. The Bertz CT molecular complexity index is 250. The van der Waals surface area contributed by atoms with Crippen molar-refractivity contribution in [1.82, 2.24) is 9.91 Å². The molecule has 0 saturated carbocycles. The minimum atomic E-state index is -0.428. The van der Waals surface area contributed by atoms with Gasteiger partial charge in [0.05, 0.1) is 0 Å². The molecule has 1 aliphatic heterocycles. The summed E-state index contributed by atoms with van der Waals surface area (Å²) in [6.45, 7) is 9.83. The zero-order valence-electron chi connectivity index (χ0n) is 10.7. The maximum atomic E-state index is 11.8. The van der Waals surface area contributed by atoms with Gasteiger partial charge in [0.2, 0.25) is 0 Å². The van der Waals surface area contributed by atoms with Crippen molar-refractivity contribution in [2.45, 2.75) is 45.8 Å². The third kappa shape index (κ3) is 3.64. The molecule has 0 aromatic heterocycles. The van der Waals surface area contributed by atoms with Crippen LogP contribution >= 0.6 is 0 Å². The lowest BCUT2D eigenvalue weighted by atomic mass is 10.2. The van der Waals surface area contributed by atoms with Crippen LogP contribution in [0.5, 0.6) is 0 Å². The molecular formula is C11H23N3O2. The van der Waals surface area contributed by atoms with Crippen molar-refractivity contribution < 1.29 is 9.53 Å². The number of hydrogen-bond donors (Lipinski definition) is 1. The average Bonchev–Trinajstić information content (AvgIpc) is 2.62. The second kappa shape index (κ2) is 5.01. The van der Waals surface area contributed by atoms with Gasteiger partial charge in [0, 0.05) is 25.7 Å². The topological polar surface area (TPSA) is 58.8 Å². The van der Waals surface area contributed by atoms with Crippen molar-refractivity contribution in [2.24, 2.45) is 5.84 Å². The quantitative estimate of drug-likeness (QED) is 0.571. The number of likely N-dealkylation sites (tertiary alicyclic amines) is 1. The van der Waals surface area contributed by atoms with Crippen LogP contribution in [-0.4, -0.2) is 47.3 Å². The molecule has 0 aliphatic carbocycles. The smallest absolute Gasteiger partial charge is 0.410 e. The van der Waals surface area contributed by atoms with Gasteiger partial charge >= 0.3 is 6.09 Å². The molecule has 1 rings (SSSR count). The predicted molar refractivity (Wildman–Crippen MR) is 62.8 cm³/mol. The summed E-state index contributed by atoms with van der Waals surface area (Å²) in [6, 6.07) is 0.262. The Morgan fingerprint density at radius 1 is 1.56 bits per heavy atom. The predicted octanol–water partition coefficient (Wildman–Crippen LogP) is 1.19. The van der Waals surface area contributed by atoms with Crippen LogP contribution in [0.25, 0.3) is 0 Å². The number of amides is 1. The molecule has 0 bridgehead atoms. The molecule has 16 heavy (non-hydrogen) atoms. The highest BCUT2D eigenvalue weighted by molar-refractivity contribution is 5.68. The Labute approximate surface area is 97.5 Å². The van der Waals surface area contributed by atoms with Crippen LogP contribution in [0.3, 0.4) is 0 Å². The lowest BCUT2D eigenvalue weighted by Crippen LogP contribution is -2.43. The third-order valence-corrected chi connectivity index (χ3v) is 2.65. The van der Waals surface area contributed by atoms with Crippen molar-refractivity contribution >= 4 is 6.09 Å². The minimum absolute atomic E-state index is 0.237. The van der Waals surface area contributed by atoms with Gasteiger partial charge in [-0.05, 0) is 27.2 Å². The zero-order valence-corrected chi connectivity index (χ0v) is 10.7. The van der Waals surface area contributed by atoms with Crippen LogP contribution in [0.15, 0.2) is 0 Å². The Morgan fingerprint density at radius 3 is 2.69 bits per heavy atom. The van der Waals surface area contributed by atoms with E-state index in [0.29, 0.717) is 6.54 Å². The van der Waals surface area contributed by atoms with Crippen molar-refractivity contribution in [1.29, 1.82) is 0 Å². The maximum Gasteiger partial charge on any atom is 0.410 e. The third-order valence-electron chi connectivity index (χ3n) is 2.65. The van der Waals surface area contributed by atoms with E-state index in [2.05, 4.69) is 0 Å². The van der Waals surface area contributed by atoms with E-state index in [-0.39, 0.29) is 12.1 Å². The molecule has 1 unspecified atom stereocenters. The first-order valence-corrected chi connectivity index (χ1v) is 5.82. The highest BCUT2D eigenvalue weighted by atomic mass is 16.6. The van der Waals surface area contributed by atoms with Crippen LogP contribution < -0.4 is 5.84 Å². The first-order chi connectivity index (χ1) is 7.33. The number of likely N-dealkylation sites (N-methyl/N-ethyl adjacent to an activating group) is 1. The minimum Gasteiger partial charge on any atom is -0.444 e. The molecule has 1 saturated heterocycles. The molecule has 5 nitrogen and oxygen atoms in total. The van der Waals surface area contributed by atoms with E-state index in [1.54, 1.807) is 9.91 Å². The lowest BCUT2D eigenvalue weighted by Gasteiger charge is -2.25. The summed E-state index contributed by atoms with van der Waals surface area (Å²) in [5.41, 5.74) is -0.428. The molecule has 2 N–H and O–H groups in total. The zero-order chi connectivity index (χ0) is 12.3. The van der Waals surface area contributed by atoms with Crippen molar-refractivity contribution in [3.05, 3.63) is 0 Å². The molecule has 5 heteroatoms. The van der Waals surface area contributed by atoms with Gasteiger partial charge in [-0.3, -0.25) is 5.84 Å². The summed E-state index contributed by atoms with van der Waals surface area (Å²) in [5, 5.41) is 1.78. The van der Waals surface area contributed by atoms with Crippen molar-refractivity contribution in [3.8, 4) is 0 Å². The molecule has 1 amide bonds. The Hall–Kier alpha value is -0.810. The fourth-order valence-corrected chi connectivity index (χ4v) is 1.76. The molecule has 1 aliphatic rings. The summed E-state index contributed by atoms with van der Waals surface area (Å²) in [4.78, 5) is 13.5. The number of rotatable bonds is 2. The largest absolute Gasteiger partial charge is 0.444 e. The maximum absolute atomic E-state index is 11.8. The van der Waals surface area contributed by atoms with E-state index in [1.807, 2.05) is 27.7 Å². The van der Waals surface area contributed by atoms with Crippen molar-refractivity contribution in [3.63, 3.8) is 0 Å². The summed E-state index contributed by atoms with van der Waals surface area (Å²) in [6.07, 6.45) is 0.684. The van der Waals surface area contributed by atoms with E-state index >= 15 is 0 Å². The Morgan fingerprint density at radius 2 is 2.19 bits per heavy atom.